The predicted octanol–water partition coefficient (Wildman–Crippen LogP) is 4.31. The number of fused-ring (bicyclic) bond motifs is 1. The minimum Gasteiger partial charge on any atom is -0.443 e. The number of ether oxygens (including phenoxy) is 1. The Balaban J connectivity index is 1.91. The van der Waals surface area contributed by atoms with Crippen LogP contribution >= 0.6 is 11.3 Å². The van der Waals surface area contributed by atoms with Crippen molar-refractivity contribution in [2.45, 2.75) is 26.4 Å². The zero-order chi connectivity index (χ0) is 18.2. The van der Waals surface area contributed by atoms with Gasteiger partial charge >= 0.3 is 6.09 Å². The molecule has 0 aliphatic carbocycles. The number of pyridine rings is 1. The molecule has 7 heteroatoms. The summed E-state index contributed by atoms with van der Waals surface area (Å²) >= 11 is 1.44. The van der Waals surface area contributed by atoms with Crippen LogP contribution in [0.15, 0.2) is 36.7 Å². The molecule has 2 heterocycles. The van der Waals surface area contributed by atoms with E-state index in [1.807, 2.05) is 45.0 Å². The van der Waals surface area contributed by atoms with E-state index in [4.69, 9.17) is 10.5 Å². The Morgan fingerprint density at radius 3 is 2.68 bits per heavy atom. The summed E-state index contributed by atoms with van der Waals surface area (Å²) in [6.45, 7) is 5.51. The van der Waals surface area contributed by atoms with Gasteiger partial charge in [0.25, 0.3) is 0 Å². The highest BCUT2D eigenvalue weighted by Crippen LogP contribution is 2.30. The smallest absolute Gasteiger partial charge is 0.414 e. The first kappa shape index (κ1) is 17.2. The quantitative estimate of drug-likeness (QED) is 0.740. The molecular weight excluding hydrogens is 336 g/mol. The van der Waals surface area contributed by atoms with Crippen LogP contribution in [-0.2, 0) is 4.74 Å². The van der Waals surface area contributed by atoms with Gasteiger partial charge in [-0.05, 0) is 44.5 Å². The van der Waals surface area contributed by atoms with Crippen molar-refractivity contribution in [3.63, 3.8) is 0 Å². The van der Waals surface area contributed by atoms with Crippen molar-refractivity contribution < 1.29 is 9.53 Å². The number of anilines is 2. The van der Waals surface area contributed by atoms with Crippen LogP contribution in [0.1, 0.15) is 20.8 Å². The fourth-order valence-electron chi connectivity index (χ4n) is 2.33. The van der Waals surface area contributed by atoms with Gasteiger partial charge in [-0.3, -0.25) is 9.88 Å². The minimum absolute atomic E-state index is 0.419. The van der Waals surface area contributed by atoms with Crippen LogP contribution in [0.3, 0.4) is 0 Å². The monoisotopic (exact) mass is 356 g/mol. The van der Waals surface area contributed by atoms with Crippen molar-refractivity contribution in [3.8, 4) is 11.1 Å². The number of hydrogen-bond acceptors (Lipinski definition) is 6. The second kappa shape index (κ2) is 6.33. The molecule has 0 fully saturated rings. The number of rotatable bonds is 2. The van der Waals surface area contributed by atoms with Crippen molar-refractivity contribution in [3.05, 3.63) is 36.7 Å². The number of thiazole rings is 1. The van der Waals surface area contributed by atoms with Crippen LogP contribution in [0.4, 0.5) is 15.6 Å². The number of hydrogen-bond donors (Lipinski definition) is 1. The number of amides is 1. The summed E-state index contributed by atoms with van der Waals surface area (Å²) in [5.74, 6) is 0. The fraction of sp³-hybridized carbons (Fsp3) is 0.278. The predicted molar refractivity (Wildman–Crippen MR) is 102 cm³/mol. The van der Waals surface area contributed by atoms with Gasteiger partial charge in [0.15, 0.2) is 5.13 Å². The third kappa shape index (κ3) is 3.88. The third-order valence-electron chi connectivity index (χ3n) is 3.52. The molecule has 1 aromatic carbocycles. The SMILES string of the molecule is CN(C(=O)OC(C)(C)C)c1cncc(-c2ccc3nc(N)sc3c2)c1. The molecule has 0 unspecified atom stereocenters. The van der Waals surface area contributed by atoms with E-state index in [0.29, 0.717) is 10.8 Å². The molecule has 6 nitrogen and oxygen atoms in total. The van der Waals surface area contributed by atoms with E-state index in [9.17, 15) is 4.79 Å². The summed E-state index contributed by atoms with van der Waals surface area (Å²) in [4.78, 5) is 22.2. The number of carbonyl (C=O) groups is 1. The highest BCUT2D eigenvalue weighted by atomic mass is 32.1. The average molecular weight is 356 g/mol. The van der Waals surface area contributed by atoms with Crippen molar-refractivity contribution in [1.29, 1.82) is 0 Å². The second-order valence-electron chi connectivity index (χ2n) is 6.71. The Hall–Kier alpha value is -2.67. The number of nitrogen functional groups attached to an aromatic ring is 1. The molecule has 0 bridgehead atoms. The molecular formula is C18H20N4O2S. The Morgan fingerprint density at radius 2 is 1.96 bits per heavy atom. The lowest BCUT2D eigenvalue weighted by Gasteiger charge is -2.24. The van der Waals surface area contributed by atoms with Crippen LogP contribution in [0.2, 0.25) is 0 Å². The average Bonchev–Trinajstić information content (AvgIpc) is 2.91. The zero-order valence-corrected chi connectivity index (χ0v) is 15.4. The summed E-state index contributed by atoms with van der Waals surface area (Å²) in [5, 5.41) is 0.545. The van der Waals surface area contributed by atoms with Gasteiger partial charge < -0.3 is 10.5 Å². The molecule has 1 amide bonds. The van der Waals surface area contributed by atoms with Crippen LogP contribution < -0.4 is 10.6 Å². The van der Waals surface area contributed by atoms with Gasteiger partial charge in [0, 0.05) is 18.8 Å². The second-order valence-corrected chi connectivity index (χ2v) is 7.77. The molecule has 0 atom stereocenters. The number of benzene rings is 1. The Morgan fingerprint density at radius 1 is 1.20 bits per heavy atom. The van der Waals surface area contributed by atoms with E-state index in [1.54, 1.807) is 19.4 Å². The number of aromatic nitrogens is 2. The van der Waals surface area contributed by atoms with E-state index in [2.05, 4.69) is 9.97 Å². The lowest BCUT2D eigenvalue weighted by atomic mass is 10.1. The third-order valence-corrected chi connectivity index (χ3v) is 4.36. The number of nitrogens with zero attached hydrogens (tertiary/aromatic N) is 3. The normalized spacial score (nSPS) is 11.5. The molecule has 130 valence electrons. The maximum atomic E-state index is 12.2. The summed E-state index contributed by atoms with van der Waals surface area (Å²) in [6.07, 6.45) is 2.98. The van der Waals surface area contributed by atoms with Gasteiger partial charge in [0.2, 0.25) is 0 Å². The molecule has 25 heavy (non-hydrogen) atoms. The van der Waals surface area contributed by atoms with Gasteiger partial charge in [0.1, 0.15) is 5.60 Å². The van der Waals surface area contributed by atoms with Crippen LogP contribution in [0, 0.1) is 0 Å². The van der Waals surface area contributed by atoms with Crippen molar-refractivity contribution in [2.75, 3.05) is 17.7 Å². The molecule has 0 aliphatic rings. The van der Waals surface area contributed by atoms with E-state index >= 15 is 0 Å². The molecule has 0 spiro atoms. The first-order valence-electron chi connectivity index (χ1n) is 7.81. The van der Waals surface area contributed by atoms with Gasteiger partial charge in [-0.1, -0.05) is 17.4 Å². The number of carbonyl (C=O) groups excluding carboxylic acids is 1. The standard InChI is InChI=1S/C18H20N4O2S/c1-18(2,3)24-17(23)22(4)13-7-12(9-20-10-13)11-5-6-14-15(8-11)25-16(19)21-14/h5-10H,1-4H3,(H2,19,21). The Bertz CT molecular complexity index is 930. The lowest BCUT2D eigenvalue weighted by Crippen LogP contribution is -2.34. The fourth-order valence-corrected chi connectivity index (χ4v) is 3.10. The van der Waals surface area contributed by atoms with Gasteiger partial charge in [-0.2, -0.15) is 0 Å². The molecule has 3 rings (SSSR count). The molecule has 0 radical (unpaired) electrons. The van der Waals surface area contributed by atoms with Gasteiger partial charge in [-0.25, -0.2) is 9.78 Å². The van der Waals surface area contributed by atoms with Crippen LogP contribution in [-0.4, -0.2) is 28.7 Å². The van der Waals surface area contributed by atoms with Crippen molar-refractivity contribution in [1.82, 2.24) is 9.97 Å². The van der Waals surface area contributed by atoms with E-state index in [1.165, 1.54) is 16.2 Å². The topological polar surface area (TPSA) is 81.3 Å². The van der Waals surface area contributed by atoms with Crippen LogP contribution in [0.5, 0.6) is 0 Å². The highest BCUT2D eigenvalue weighted by molar-refractivity contribution is 7.22. The molecule has 0 aliphatic heterocycles. The van der Waals surface area contributed by atoms with Crippen molar-refractivity contribution >= 4 is 38.5 Å². The van der Waals surface area contributed by atoms with Gasteiger partial charge in [0.05, 0.1) is 22.1 Å². The molecule has 0 saturated carbocycles. The molecule has 3 aromatic rings. The maximum absolute atomic E-state index is 12.2. The lowest BCUT2D eigenvalue weighted by molar-refractivity contribution is 0.0589. The van der Waals surface area contributed by atoms with Crippen LogP contribution in [0.25, 0.3) is 21.3 Å². The Labute approximate surface area is 150 Å². The Kier molecular flexibility index (Phi) is 4.34. The summed E-state index contributed by atoms with van der Waals surface area (Å²) in [6, 6.07) is 7.83. The molecule has 0 saturated heterocycles. The largest absolute Gasteiger partial charge is 0.443 e. The van der Waals surface area contributed by atoms with E-state index in [-0.39, 0.29) is 0 Å². The number of nitrogens with two attached hydrogens (primary N) is 1. The molecule has 2 aromatic heterocycles. The maximum Gasteiger partial charge on any atom is 0.414 e. The highest BCUT2D eigenvalue weighted by Gasteiger charge is 2.21. The first-order chi connectivity index (χ1) is 11.7. The summed E-state index contributed by atoms with van der Waals surface area (Å²) in [5.41, 5.74) is 8.65. The summed E-state index contributed by atoms with van der Waals surface area (Å²) in [7, 11) is 1.67. The molecule has 2 N–H and O–H groups in total. The minimum atomic E-state index is -0.548. The van der Waals surface area contributed by atoms with Crippen molar-refractivity contribution in [2.24, 2.45) is 0 Å². The first-order valence-corrected chi connectivity index (χ1v) is 8.63. The van der Waals surface area contributed by atoms with E-state index in [0.717, 1.165) is 21.3 Å². The van der Waals surface area contributed by atoms with Gasteiger partial charge in [-0.15, -0.1) is 0 Å². The van der Waals surface area contributed by atoms with E-state index < -0.39 is 11.7 Å². The summed E-state index contributed by atoms with van der Waals surface area (Å²) < 4.78 is 6.41. The zero-order valence-electron chi connectivity index (χ0n) is 14.6.